The highest BCUT2D eigenvalue weighted by Gasteiger charge is 2.37. The predicted octanol–water partition coefficient (Wildman–Crippen LogP) is 4.47. The minimum absolute atomic E-state index is 0.0636. The van der Waals surface area contributed by atoms with Gasteiger partial charge in [-0.05, 0) is 101 Å². The molecule has 2 heterocycles. The van der Waals surface area contributed by atoms with Crippen LogP contribution in [0.3, 0.4) is 0 Å². The summed E-state index contributed by atoms with van der Waals surface area (Å²) in [7, 11) is 4.31. The fourth-order valence-corrected chi connectivity index (χ4v) is 6.29. The van der Waals surface area contributed by atoms with Crippen LogP contribution in [0.4, 0.5) is 0 Å². The first kappa shape index (κ1) is 28.1. The Kier molecular flexibility index (Phi) is 8.67. The standard InChI is InChI=1S/C34H42N4O2/c1-37-21-17-33(18-22-37,29-9-5-3-6-10-29)25-35-31(39)27-13-15-28(16-14-27)32(40)36-26-34(19-23-38(2)24-20-34)30-11-7-4-8-12-30/h3-16H,17-26H2,1-2H3,(H,35,39)(H,36,40). The molecule has 6 heteroatoms. The van der Waals surface area contributed by atoms with Crippen LogP contribution in [-0.4, -0.2) is 75.0 Å². The summed E-state index contributed by atoms with van der Waals surface area (Å²) < 4.78 is 0. The van der Waals surface area contributed by atoms with Gasteiger partial charge in [0.2, 0.25) is 0 Å². The average molecular weight is 539 g/mol. The molecule has 2 N–H and O–H groups in total. The zero-order valence-corrected chi connectivity index (χ0v) is 23.9. The van der Waals surface area contributed by atoms with Gasteiger partial charge in [0.05, 0.1) is 0 Å². The number of benzene rings is 3. The van der Waals surface area contributed by atoms with Crippen molar-refractivity contribution >= 4 is 11.8 Å². The Labute approximate surface area is 238 Å². The number of amides is 2. The number of hydrogen-bond donors (Lipinski definition) is 2. The van der Waals surface area contributed by atoms with Gasteiger partial charge < -0.3 is 20.4 Å². The van der Waals surface area contributed by atoms with Crippen LogP contribution in [0.25, 0.3) is 0 Å². The van der Waals surface area contributed by atoms with Gasteiger partial charge in [0.25, 0.3) is 11.8 Å². The molecule has 40 heavy (non-hydrogen) atoms. The second-order valence-electron chi connectivity index (χ2n) is 11.8. The Morgan fingerprint density at radius 1 is 0.575 bits per heavy atom. The highest BCUT2D eigenvalue weighted by Crippen LogP contribution is 2.36. The number of rotatable bonds is 8. The van der Waals surface area contributed by atoms with Crippen LogP contribution in [0, 0.1) is 0 Å². The first-order valence-electron chi connectivity index (χ1n) is 14.5. The first-order valence-corrected chi connectivity index (χ1v) is 14.5. The van der Waals surface area contributed by atoms with E-state index in [-0.39, 0.29) is 22.6 Å². The molecule has 5 rings (SSSR count). The number of nitrogens with zero attached hydrogens (tertiary/aromatic N) is 2. The number of hydrogen-bond acceptors (Lipinski definition) is 4. The SMILES string of the molecule is CN1CCC(CNC(=O)c2ccc(C(=O)NCC3(c4ccccc4)CCN(C)CC3)cc2)(c2ccccc2)CC1. The number of likely N-dealkylation sites (tertiary alicyclic amines) is 2. The Hall–Kier alpha value is -3.48. The second-order valence-corrected chi connectivity index (χ2v) is 11.8. The number of piperidine rings is 2. The van der Waals surface area contributed by atoms with Gasteiger partial charge in [0.15, 0.2) is 0 Å². The molecule has 2 aliphatic heterocycles. The van der Waals surface area contributed by atoms with Crippen LogP contribution in [-0.2, 0) is 10.8 Å². The molecule has 0 radical (unpaired) electrons. The summed E-state index contributed by atoms with van der Waals surface area (Å²) in [5.74, 6) is -0.203. The van der Waals surface area contributed by atoms with Gasteiger partial charge in [0, 0.05) is 35.0 Å². The van der Waals surface area contributed by atoms with Crippen molar-refractivity contribution < 1.29 is 9.59 Å². The van der Waals surface area contributed by atoms with Crippen LogP contribution in [0.1, 0.15) is 57.5 Å². The molecule has 3 aromatic rings. The molecule has 0 bridgehead atoms. The van der Waals surface area contributed by atoms with Crippen molar-refractivity contribution in [2.75, 3.05) is 53.4 Å². The van der Waals surface area contributed by atoms with Crippen molar-refractivity contribution in [2.24, 2.45) is 0 Å². The molecule has 0 aliphatic carbocycles. The van der Waals surface area contributed by atoms with E-state index >= 15 is 0 Å². The maximum Gasteiger partial charge on any atom is 0.251 e. The fraction of sp³-hybridized carbons (Fsp3) is 0.412. The van der Waals surface area contributed by atoms with Crippen molar-refractivity contribution in [1.82, 2.24) is 20.4 Å². The minimum atomic E-state index is -0.101. The first-order chi connectivity index (χ1) is 19.4. The van der Waals surface area contributed by atoms with Crippen molar-refractivity contribution in [3.63, 3.8) is 0 Å². The molecule has 2 fully saturated rings. The molecule has 6 nitrogen and oxygen atoms in total. The molecular formula is C34H42N4O2. The maximum atomic E-state index is 13.1. The lowest BCUT2D eigenvalue weighted by Crippen LogP contribution is -2.48. The van der Waals surface area contributed by atoms with E-state index in [0.717, 1.165) is 51.9 Å². The molecule has 0 unspecified atom stereocenters. The van der Waals surface area contributed by atoms with E-state index in [1.807, 2.05) is 12.1 Å². The summed E-state index contributed by atoms with van der Waals surface area (Å²) in [5.41, 5.74) is 3.59. The summed E-state index contributed by atoms with van der Waals surface area (Å²) in [6.07, 6.45) is 4.03. The normalized spacial score (nSPS) is 19.1. The maximum absolute atomic E-state index is 13.1. The zero-order valence-electron chi connectivity index (χ0n) is 23.9. The van der Waals surface area contributed by atoms with Crippen molar-refractivity contribution in [3.05, 3.63) is 107 Å². The van der Waals surface area contributed by atoms with E-state index in [9.17, 15) is 9.59 Å². The molecular weight excluding hydrogens is 496 g/mol. The van der Waals surface area contributed by atoms with E-state index in [2.05, 4.69) is 83.1 Å². The highest BCUT2D eigenvalue weighted by atomic mass is 16.2. The molecule has 2 aliphatic rings. The summed E-state index contributed by atoms with van der Waals surface area (Å²) >= 11 is 0. The van der Waals surface area contributed by atoms with Gasteiger partial charge in [-0.25, -0.2) is 0 Å². The van der Waals surface area contributed by atoms with E-state index in [0.29, 0.717) is 24.2 Å². The predicted molar refractivity (Wildman–Crippen MR) is 161 cm³/mol. The zero-order chi connectivity index (χ0) is 28.0. The molecule has 0 spiro atoms. The smallest absolute Gasteiger partial charge is 0.251 e. The molecule has 0 atom stereocenters. The summed E-state index contributed by atoms with van der Waals surface area (Å²) in [6, 6.07) is 28.2. The van der Waals surface area contributed by atoms with E-state index in [1.54, 1.807) is 24.3 Å². The lowest BCUT2D eigenvalue weighted by Gasteiger charge is -2.41. The second kappa shape index (κ2) is 12.4. The Balaban J connectivity index is 1.21. The Bertz CT molecular complexity index is 1160. The highest BCUT2D eigenvalue weighted by molar-refractivity contribution is 5.97. The quantitative estimate of drug-likeness (QED) is 0.444. The molecule has 0 aromatic heterocycles. The largest absolute Gasteiger partial charge is 0.351 e. The van der Waals surface area contributed by atoms with Gasteiger partial charge in [-0.1, -0.05) is 60.7 Å². The van der Waals surface area contributed by atoms with Crippen LogP contribution in [0.15, 0.2) is 84.9 Å². The van der Waals surface area contributed by atoms with Crippen LogP contribution in [0.5, 0.6) is 0 Å². The number of carbonyl (C=O) groups is 2. The summed E-state index contributed by atoms with van der Waals surface area (Å²) in [6.45, 7) is 5.24. The molecule has 210 valence electrons. The van der Waals surface area contributed by atoms with Crippen LogP contribution < -0.4 is 10.6 Å². The van der Waals surface area contributed by atoms with Gasteiger partial charge in [-0.2, -0.15) is 0 Å². The number of nitrogens with one attached hydrogen (secondary N) is 2. The fourth-order valence-electron chi connectivity index (χ4n) is 6.29. The van der Waals surface area contributed by atoms with E-state index < -0.39 is 0 Å². The topological polar surface area (TPSA) is 64.7 Å². The minimum Gasteiger partial charge on any atom is -0.351 e. The average Bonchev–Trinajstić information content (AvgIpc) is 3.01. The molecule has 2 amide bonds. The Morgan fingerprint density at radius 3 is 1.23 bits per heavy atom. The van der Waals surface area contributed by atoms with Gasteiger partial charge in [-0.3, -0.25) is 9.59 Å². The lowest BCUT2D eigenvalue weighted by atomic mass is 9.72. The van der Waals surface area contributed by atoms with E-state index in [4.69, 9.17) is 0 Å². The molecule has 2 saturated heterocycles. The third-order valence-electron chi connectivity index (χ3n) is 9.24. The molecule has 3 aromatic carbocycles. The summed E-state index contributed by atoms with van der Waals surface area (Å²) in [4.78, 5) is 31.0. The van der Waals surface area contributed by atoms with E-state index in [1.165, 1.54) is 11.1 Å². The van der Waals surface area contributed by atoms with Gasteiger partial charge in [0.1, 0.15) is 0 Å². The van der Waals surface area contributed by atoms with Gasteiger partial charge in [-0.15, -0.1) is 0 Å². The molecule has 0 saturated carbocycles. The third kappa shape index (κ3) is 6.29. The monoisotopic (exact) mass is 538 g/mol. The van der Waals surface area contributed by atoms with Gasteiger partial charge >= 0.3 is 0 Å². The van der Waals surface area contributed by atoms with Crippen molar-refractivity contribution in [3.8, 4) is 0 Å². The summed E-state index contributed by atoms with van der Waals surface area (Å²) in [5, 5.41) is 6.41. The third-order valence-corrected chi connectivity index (χ3v) is 9.24. The van der Waals surface area contributed by atoms with Crippen LogP contribution >= 0.6 is 0 Å². The van der Waals surface area contributed by atoms with Crippen molar-refractivity contribution in [1.29, 1.82) is 0 Å². The van der Waals surface area contributed by atoms with Crippen molar-refractivity contribution in [2.45, 2.75) is 36.5 Å². The number of carbonyl (C=O) groups excluding carboxylic acids is 2. The lowest BCUT2D eigenvalue weighted by molar-refractivity contribution is 0.0916. The Morgan fingerprint density at radius 2 is 0.900 bits per heavy atom. The van der Waals surface area contributed by atoms with Crippen LogP contribution in [0.2, 0.25) is 0 Å².